The lowest BCUT2D eigenvalue weighted by Crippen LogP contribution is -2.56. The smallest absolute Gasteiger partial charge is 0.411 e. The first-order chi connectivity index (χ1) is 10.4. The van der Waals surface area contributed by atoms with Crippen LogP contribution in [0.15, 0.2) is 24.3 Å². The number of halogens is 2. The molecule has 2 unspecified atom stereocenters. The SMILES string of the molecule is CC(Cl)OC(=O)N(C)[C@]1(c2ccccc2Cl)CCCCC1O. The summed E-state index contributed by atoms with van der Waals surface area (Å²) < 4.78 is 5.10. The average Bonchev–Trinajstić information content (AvgIpc) is 2.47. The van der Waals surface area contributed by atoms with Crippen molar-refractivity contribution in [1.29, 1.82) is 0 Å². The summed E-state index contributed by atoms with van der Waals surface area (Å²) >= 11 is 12.1. The molecule has 122 valence electrons. The highest BCUT2D eigenvalue weighted by atomic mass is 35.5. The molecule has 1 aromatic carbocycles. The molecule has 0 heterocycles. The van der Waals surface area contributed by atoms with Crippen LogP contribution in [-0.2, 0) is 10.3 Å². The summed E-state index contributed by atoms with van der Waals surface area (Å²) in [5, 5.41) is 11.2. The second kappa shape index (κ2) is 7.07. The molecule has 4 nitrogen and oxygen atoms in total. The van der Waals surface area contributed by atoms with Crippen molar-refractivity contribution in [3.63, 3.8) is 0 Å². The molecule has 1 aliphatic carbocycles. The van der Waals surface area contributed by atoms with Crippen molar-refractivity contribution in [2.24, 2.45) is 0 Å². The van der Waals surface area contributed by atoms with Gasteiger partial charge in [0.2, 0.25) is 0 Å². The van der Waals surface area contributed by atoms with Crippen LogP contribution in [-0.4, -0.2) is 34.8 Å². The van der Waals surface area contributed by atoms with Gasteiger partial charge >= 0.3 is 6.09 Å². The molecular formula is C16H21Cl2NO3. The van der Waals surface area contributed by atoms with Gasteiger partial charge in [-0.25, -0.2) is 4.79 Å². The van der Waals surface area contributed by atoms with Crippen LogP contribution >= 0.6 is 23.2 Å². The molecule has 0 spiro atoms. The molecule has 1 amide bonds. The van der Waals surface area contributed by atoms with Crippen LogP contribution in [0, 0.1) is 0 Å². The van der Waals surface area contributed by atoms with E-state index >= 15 is 0 Å². The highest BCUT2D eigenvalue weighted by Crippen LogP contribution is 2.44. The average molecular weight is 346 g/mol. The Balaban J connectivity index is 2.47. The van der Waals surface area contributed by atoms with E-state index in [0.29, 0.717) is 17.9 Å². The molecule has 0 aromatic heterocycles. The minimum Gasteiger partial charge on any atom is -0.430 e. The number of aliphatic hydroxyl groups is 1. The maximum Gasteiger partial charge on any atom is 0.411 e. The van der Waals surface area contributed by atoms with Gasteiger partial charge in [-0.2, -0.15) is 0 Å². The Kier molecular flexibility index (Phi) is 5.59. The summed E-state index contributed by atoms with van der Waals surface area (Å²) in [7, 11) is 1.62. The van der Waals surface area contributed by atoms with Crippen LogP contribution in [0.1, 0.15) is 38.2 Å². The van der Waals surface area contributed by atoms with Crippen LogP contribution in [0.3, 0.4) is 0 Å². The summed E-state index contributed by atoms with van der Waals surface area (Å²) in [6.07, 6.45) is 1.78. The van der Waals surface area contributed by atoms with Crippen LogP contribution in [0.2, 0.25) is 5.02 Å². The van der Waals surface area contributed by atoms with Crippen molar-refractivity contribution in [3.8, 4) is 0 Å². The minimum atomic E-state index is -0.889. The molecule has 1 aliphatic rings. The lowest BCUT2D eigenvalue weighted by atomic mass is 9.73. The predicted octanol–water partition coefficient (Wildman–Crippen LogP) is 4.12. The van der Waals surface area contributed by atoms with Crippen molar-refractivity contribution in [2.75, 3.05) is 7.05 Å². The zero-order valence-electron chi connectivity index (χ0n) is 12.8. The van der Waals surface area contributed by atoms with E-state index in [2.05, 4.69) is 0 Å². The Hall–Kier alpha value is -0.970. The van der Waals surface area contributed by atoms with Gasteiger partial charge in [0.05, 0.1) is 11.6 Å². The van der Waals surface area contributed by atoms with Crippen LogP contribution in [0.25, 0.3) is 0 Å². The highest BCUT2D eigenvalue weighted by molar-refractivity contribution is 6.31. The standard InChI is InChI=1S/C16H21Cl2NO3/c1-11(17)22-15(21)19(2)16(10-6-5-9-14(16)20)12-7-3-4-8-13(12)18/h3-4,7-8,11,14,20H,5-6,9-10H2,1-2H3/t11?,14?,16-/m0/s1. The Morgan fingerprint density at radius 1 is 1.45 bits per heavy atom. The van der Waals surface area contributed by atoms with Gasteiger partial charge in [-0.05, 0) is 31.4 Å². The summed E-state index contributed by atoms with van der Waals surface area (Å²) in [4.78, 5) is 13.8. The molecule has 0 bridgehead atoms. The van der Waals surface area contributed by atoms with E-state index in [0.717, 1.165) is 18.4 Å². The van der Waals surface area contributed by atoms with Crippen molar-refractivity contribution in [1.82, 2.24) is 4.90 Å². The molecular weight excluding hydrogens is 325 g/mol. The molecule has 22 heavy (non-hydrogen) atoms. The molecule has 0 aliphatic heterocycles. The molecule has 1 aromatic rings. The van der Waals surface area contributed by atoms with Gasteiger partial charge in [-0.15, -0.1) is 0 Å². The number of hydrogen-bond donors (Lipinski definition) is 1. The van der Waals surface area contributed by atoms with Crippen molar-refractivity contribution >= 4 is 29.3 Å². The number of alkyl halides is 1. The number of ether oxygens (including phenoxy) is 1. The zero-order valence-corrected chi connectivity index (χ0v) is 14.3. The van der Waals surface area contributed by atoms with Gasteiger partial charge < -0.3 is 9.84 Å². The Morgan fingerprint density at radius 3 is 2.73 bits per heavy atom. The number of nitrogens with zero attached hydrogens (tertiary/aromatic N) is 1. The van der Waals surface area contributed by atoms with Gasteiger partial charge in [0.1, 0.15) is 0 Å². The Morgan fingerprint density at radius 2 is 2.14 bits per heavy atom. The van der Waals surface area contributed by atoms with E-state index in [4.69, 9.17) is 27.9 Å². The first-order valence-corrected chi connectivity index (χ1v) is 8.22. The maximum atomic E-state index is 12.4. The predicted molar refractivity (Wildman–Crippen MR) is 87.2 cm³/mol. The van der Waals surface area contributed by atoms with E-state index in [1.807, 2.05) is 18.2 Å². The molecule has 0 saturated heterocycles. The second-order valence-corrected chi connectivity index (χ2v) is 6.67. The van der Waals surface area contributed by atoms with Crippen molar-refractivity contribution < 1.29 is 14.6 Å². The second-order valence-electron chi connectivity index (χ2n) is 5.65. The van der Waals surface area contributed by atoms with E-state index in [9.17, 15) is 9.90 Å². The number of carbonyl (C=O) groups is 1. The summed E-state index contributed by atoms with van der Waals surface area (Å²) in [5.74, 6) is 0. The number of rotatable bonds is 3. The van der Waals surface area contributed by atoms with Crippen LogP contribution in [0.4, 0.5) is 4.79 Å². The van der Waals surface area contributed by atoms with Gasteiger partial charge in [0.15, 0.2) is 5.56 Å². The first kappa shape index (κ1) is 17.4. The molecule has 3 atom stereocenters. The lowest BCUT2D eigenvalue weighted by molar-refractivity contribution is -0.0494. The molecule has 1 N–H and O–H groups in total. The number of carbonyl (C=O) groups excluding carboxylic acids is 1. The normalized spacial score (nSPS) is 26.3. The first-order valence-electron chi connectivity index (χ1n) is 7.41. The monoisotopic (exact) mass is 345 g/mol. The number of hydrogen-bond acceptors (Lipinski definition) is 3. The van der Waals surface area contributed by atoms with Gasteiger partial charge in [-0.1, -0.05) is 54.2 Å². The maximum absolute atomic E-state index is 12.4. The largest absolute Gasteiger partial charge is 0.430 e. The third kappa shape index (κ3) is 3.19. The fourth-order valence-corrected chi connectivity index (χ4v) is 3.59. The fraction of sp³-hybridized carbons (Fsp3) is 0.562. The molecule has 2 rings (SSSR count). The molecule has 0 radical (unpaired) electrons. The van der Waals surface area contributed by atoms with Gasteiger partial charge in [0, 0.05) is 12.1 Å². The third-order valence-corrected chi connectivity index (χ3v) is 4.73. The third-order valence-electron chi connectivity index (χ3n) is 4.31. The topological polar surface area (TPSA) is 49.8 Å². The Labute approximate surface area is 141 Å². The van der Waals surface area contributed by atoms with Gasteiger partial charge in [0.25, 0.3) is 0 Å². The van der Waals surface area contributed by atoms with E-state index in [1.165, 1.54) is 4.90 Å². The van der Waals surface area contributed by atoms with E-state index < -0.39 is 23.3 Å². The van der Waals surface area contributed by atoms with Crippen LogP contribution in [0.5, 0.6) is 0 Å². The number of likely N-dealkylation sites (N-methyl/N-ethyl adjacent to an activating group) is 1. The molecule has 1 saturated carbocycles. The van der Waals surface area contributed by atoms with E-state index in [-0.39, 0.29) is 0 Å². The fourth-order valence-electron chi connectivity index (χ4n) is 3.22. The summed E-state index contributed by atoms with van der Waals surface area (Å²) in [6, 6.07) is 7.30. The molecule has 6 heteroatoms. The summed E-state index contributed by atoms with van der Waals surface area (Å²) in [5.41, 5.74) is -0.885. The quantitative estimate of drug-likeness (QED) is 0.838. The van der Waals surface area contributed by atoms with Crippen LogP contribution < -0.4 is 0 Å². The number of aliphatic hydroxyl groups excluding tert-OH is 1. The van der Waals surface area contributed by atoms with Crippen molar-refractivity contribution in [3.05, 3.63) is 34.9 Å². The van der Waals surface area contributed by atoms with E-state index in [1.54, 1.807) is 20.0 Å². The van der Waals surface area contributed by atoms with Gasteiger partial charge in [-0.3, -0.25) is 4.90 Å². The minimum absolute atomic E-state index is 0.530. The van der Waals surface area contributed by atoms with Crippen molar-refractivity contribution in [2.45, 2.75) is 49.8 Å². The highest BCUT2D eigenvalue weighted by Gasteiger charge is 2.48. The number of amides is 1. The molecule has 1 fully saturated rings. The lowest BCUT2D eigenvalue weighted by Gasteiger charge is -2.48. The Bertz CT molecular complexity index is 538. The number of benzene rings is 1. The zero-order chi connectivity index (χ0) is 16.3. The summed E-state index contributed by atoms with van der Waals surface area (Å²) in [6.45, 7) is 1.58.